The topological polar surface area (TPSA) is 66.8 Å². The smallest absolute Gasteiger partial charge is 0.336 e. The third-order valence-electron chi connectivity index (χ3n) is 3.72. The second-order valence-electron chi connectivity index (χ2n) is 4.54. The van der Waals surface area contributed by atoms with E-state index >= 15 is 0 Å². The zero-order chi connectivity index (χ0) is 11.1. The second-order valence-corrected chi connectivity index (χ2v) is 4.54. The molecule has 4 heteroatoms. The van der Waals surface area contributed by atoms with Gasteiger partial charge in [-0.05, 0) is 26.2 Å². The van der Waals surface area contributed by atoms with Crippen molar-refractivity contribution in [2.24, 2.45) is 5.41 Å². The lowest BCUT2D eigenvalue weighted by atomic mass is 9.70. The minimum atomic E-state index is -1.12. The maximum Gasteiger partial charge on any atom is 0.336 e. The zero-order valence-electron chi connectivity index (χ0n) is 8.77. The van der Waals surface area contributed by atoms with Gasteiger partial charge in [-0.3, -0.25) is 0 Å². The van der Waals surface area contributed by atoms with Crippen LogP contribution in [0, 0.1) is 5.41 Å². The lowest BCUT2D eigenvalue weighted by Crippen LogP contribution is -2.49. The van der Waals surface area contributed by atoms with E-state index < -0.39 is 17.0 Å². The number of carbonyl (C=O) groups is 1. The van der Waals surface area contributed by atoms with Crippen molar-refractivity contribution in [1.82, 2.24) is 0 Å². The number of carboxylic acids is 1. The Morgan fingerprint density at radius 2 is 2.40 bits per heavy atom. The Balaban J connectivity index is 2.27. The normalized spacial score (nSPS) is 42.4. The highest BCUT2D eigenvalue weighted by molar-refractivity contribution is 5.80. The number of aliphatic hydroxyl groups is 1. The first kappa shape index (κ1) is 10.6. The van der Waals surface area contributed by atoms with Crippen LogP contribution in [0.25, 0.3) is 0 Å². The number of ether oxygens (including phenoxy) is 1. The van der Waals surface area contributed by atoms with E-state index in [-0.39, 0.29) is 12.7 Å². The number of aliphatic hydroxyl groups excluding tert-OH is 1. The Morgan fingerprint density at radius 3 is 2.93 bits per heavy atom. The molecule has 2 N–H and O–H groups in total. The quantitative estimate of drug-likeness (QED) is 0.681. The van der Waals surface area contributed by atoms with Crippen molar-refractivity contribution in [2.75, 3.05) is 6.61 Å². The van der Waals surface area contributed by atoms with Crippen molar-refractivity contribution in [3.63, 3.8) is 0 Å². The molecular formula is C11H16O4. The van der Waals surface area contributed by atoms with Gasteiger partial charge in [-0.25, -0.2) is 4.79 Å². The van der Waals surface area contributed by atoms with Crippen LogP contribution in [-0.4, -0.2) is 34.5 Å². The molecule has 0 aromatic carbocycles. The van der Waals surface area contributed by atoms with Gasteiger partial charge in [0.1, 0.15) is 0 Å². The molecule has 2 aliphatic rings. The summed E-state index contributed by atoms with van der Waals surface area (Å²) in [5.41, 5.74) is -1.55. The van der Waals surface area contributed by atoms with Gasteiger partial charge in [0.15, 0.2) is 5.60 Å². The van der Waals surface area contributed by atoms with Crippen LogP contribution < -0.4 is 0 Å². The highest BCUT2D eigenvalue weighted by atomic mass is 16.5. The lowest BCUT2D eigenvalue weighted by molar-refractivity contribution is -0.169. The molecule has 0 radical (unpaired) electrons. The summed E-state index contributed by atoms with van der Waals surface area (Å²) in [6.07, 6.45) is 5.84. The van der Waals surface area contributed by atoms with Crippen molar-refractivity contribution in [2.45, 2.75) is 37.9 Å². The molecule has 1 aliphatic carbocycles. The van der Waals surface area contributed by atoms with Crippen LogP contribution in [-0.2, 0) is 9.53 Å². The highest BCUT2D eigenvalue weighted by Gasteiger charge is 2.61. The first-order valence-electron chi connectivity index (χ1n) is 5.25. The summed E-state index contributed by atoms with van der Waals surface area (Å²) < 4.78 is 5.54. The number of fused-ring (bicyclic) bond motifs is 2. The molecule has 4 nitrogen and oxygen atoms in total. The van der Waals surface area contributed by atoms with Gasteiger partial charge in [0, 0.05) is 12.0 Å². The van der Waals surface area contributed by atoms with Crippen LogP contribution in [0.5, 0.6) is 0 Å². The largest absolute Gasteiger partial charge is 0.479 e. The van der Waals surface area contributed by atoms with E-state index in [4.69, 9.17) is 9.84 Å². The number of carboxylic acid groups (broad SMARTS) is 1. The maximum absolute atomic E-state index is 11.3. The zero-order valence-corrected chi connectivity index (χ0v) is 8.77. The number of hydrogen-bond donors (Lipinski definition) is 2. The molecule has 0 saturated carbocycles. The molecule has 1 fully saturated rings. The minimum absolute atomic E-state index is 0.0650. The van der Waals surface area contributed by atoms with E-state index in [0.29, 0.717) is 12.8 Å². The molecule has 1 heterocycles. The van der Waals surface area contributed by atoms with Gasteiger partial charge < -0.3 is 14.9 Å². The summed E-state index contributed by atoms with van der Waals surface area (Å²) in [5, 5.41) is 18.1. The molecule has 2 rings (SSSR count). The van der Waals surface area contributed by atoms with Crippen molar-refractivity contribution >= 4 is 5.97 Å². The van der Waals surface area contributed by atoms with Crippen molar-refractivity contribution in [3.05, 3.63) is 12.2 Å². The average Bonchev–Trinajstić information content (AvgIpc) is 2.70. The van der Waals surface area contributed by atoms with Crippen molar-refractivity contribution in [3.8, 4) is 0 Å². The standard InChI is InChI=1S/C11H16O4/c1-10(9(13)14)11(4-2-6-12)5-3-8(7-11)15-10/h3,5,8,12H,2,4,6-7H2,1H3,(H,13,14). The van der Waals surface area contributed by atoms with E-state index in [0.717, 1.165) is 6.42 Å². The van der Waals surface area contributed by atoms with E-state index in [2.05, 4.69) is 0 Å². The van der Waals surface area contributed by atoms with Gasteiger partial charge in [0.2, 0.25) is 0 Å². The van der Waals surface area contributed by atoms with E-state index in [9.17, 15) is 9.90 Å². The molecule has 84 valence electrons. The lowest BCUT2D eigenvalue weighted by Gasteiger charge is -2.37. The second kappa shape index (κ2) is 3.32. The Labute approximate surface area is 88.6 Å². The molecular weight excluding hydrogens is 196 g/mol. The van der Waals surface area contributed by atoms with E-state index in [1.807, 2.05) is 12.2 Å². The fourth-order valence-electron chi connectivity index (χ4n) is 2.72. The monoisotopic (exact) mass is 212 g/mol. The van der Waals surface area contributed by atoms with Crippen LogP contribution in [0.1, 0.15) is 26.2 Å². The third kappa shape index (κ3) is 1.32. The van der Waals surface area contributed by atoms with Gasteiger partial charge >= 0.3 is 5.97 Å². The Kier molecular flexibility index (Phi) is 2.35. The van der Waals surface area contributed by atoms with E-state index in [1.165, 1.54) is 0 Å². The molecule has 3 unspecified atom stereocenters. The molecule has 1 saturated heterocycles. The first-order chi connectivity index (χ1) is 7.04. The summed E-state index contributed by atoms with van der Waals surface area (Å²) in [4.78, 5) is 11.3. The highest BCUT2D eigenvalue weighted by Crippen LogP contribution is 2.55. The fraction of sp³-hybridized carbons (Fsp3) is 0.727. The number of rotatable bonds is 4. The molecule has 3 atom stereocenters. The Morgan fingerprint density at radius 1 is 1.67 bits per heavy atom. The molecule has 0 amide bonds. The summed E-state index contributed by atoms with van der Waals surface area (Å²) >= 11 is 0. The molecule has 0 aromatic heterocycles. The molecule has 0 aromatic rings. The Bertz CT molecular complexity index is 312. The minimum Gasteiger partial charge on any atom is -0.479 e. The predicted molar refractivity (Wildman–Crippen MR) is 53.4 cm³/mol. The van der Waals surface area contributed by atoms with Gasteiger partial charge in [0.05, 0.1) is 6.10 Å². The van der Waals surface area contributed by atoms with Crippen LogP contribution in [0.15, 0.2) is 12.2 Å². The maximum atomic E-state index is 11.3. The van der Waals surface area contributed by atoms with Gasteiger partial charge in [-0.1, -0.05) is 12.2 Å². The van der Waals surface area contributed by atoms with Crippen molar-refractivity contribution < 1.29 is 19.7 Å². The SMILES string of the molecule is CC1(C(=O)O)OC2C=CC1(CCCO)C2. The van der Waals surface area contributed by atoms with E-state index in [1.54, 1.807) is 6.92 Å². The summed E-state index contributed by atoms with van der Waals surface area (Å²) in [6, 6.07) is 0. The van der Waals surface area contributed by atoms with Gasteiger partial charge in [-0.15, -0.1) is 0 Å². The first-order valence-corrected chi connectivity index (χ1v) is 5.25. The summed E-state index contributed by atoms with van der Waals surface area (Å²) in [6.45, 7) is 1.73. The van der Waals surface area contributed by atoms with Gasteiger partial charge in [-0.2, -0.15) is 0 Å². The van der Waals surface area contributed by atoms with Crippen LogP contribution in [0.4, 0.5) is 0 Å². The predicted octanol–water partition coefficient (Wildman–Crippen LogP) is 0.947. The number of hydrogen-bond acceptors (Lipinski definition) is 3. The fourth-order valence-corrected chi connectivity index (χ4v) is 2.72. The Hall–Kier alpha value is -0.870. The molecule has 15 heavy (non-hydrogen) atoms. The summed E-state index contributed by atoms with van der Waals surface area (Å²) in [5.74, 6) is -0.910. The number of aliphatic carboxylic acids is 1. The van der Waals surface area contributed by atoms with Crippen LogP contribution >= 0.6 is 0 Å². The van der Waals surface area contributed by atoms with Crippen molar-refractivity contribution in [1.29, 1.82) is 0 Å². The third-order valence-corrected chi connectivity index (χ3v) is 3.72. The van der Waals surface area contributed by atoms with Crippen LogP contribution in [0.2, 0.25) is 0 Å². The molecule has 2 bridgehead atoms. The van der Waals surface area contributed by atoms with Crippen LogP contribution in [0.3, 0.4) is 0 Å². The molecule has 0 spiro atoms. The summed E-state index contributed by atoms with van der Waals surface area (Å²) in [7, 11) is 0. The molecule has 1 aliphatic heterocycles. The van der Waals surface area contributed by atoms with Gasteiger partial charge in [0.25, 0.3) is 0 Å². The average molecular weight is 212 g/mol.